The van der Waals surface area contributed by atoms with Crippen LogP contribution < -0.4 is 5.32 Å². The zero-order chi connectivity index (χ0) is 24.4. The molecule has 1 aromatic heterocycles. The number of esters is 1. The van der Waals surface area contributed by atoms with Gasteiger partial charge in [0, 0.05) is 24.4 Å². The number of carbonyl (C=O) groups excluding carboxylic acids is 4. The second-order valence-corrected chi connectivity index (χ2v) is 8.55. The summed E-state index contributed by atoms with van der Waals surface area (Å²) >= 11 is 0. The van der Waals surface area contributed by atoms with Gasteiger partial charge >= 0.3 is 5.97 Å². The molecule has 8 nitrogen and oxygen atoms in total. The van der Waals surface area contributed by atoms with Crippen LogP contribution in [0, 0.1) is 11.8 Å². The smallest absolute Gasteiger partial charge is 0.302 e. The number of hydrogen-bond acceptors (Lipinski definition) is 6. The number of nitrogens with one attached hydrogen (secondary N) is 1. The lowest BCUT2D eigenvalue weighted by Gasteiger charge is -2.34. The van der Waals surface area contributed by atoms with Gasteiger partial charge in [0.1, 0.15) is 6.04 Å². The second kappa shape index (κ2) is 9.43. The van der Waals surface area contributed by atoms with Crippen molar-refractivity contribution in [2.45, 2.75) is 26.8 Å². The number of amides is 3. The van der Waals surface area contributed by atoms with Crippen LogP contribution >= 0.6 is 0 Å². The molecule has 0 fully saturated rings. The largest absolute Gasteiger partial charge is 0.465 e. The summed E-state index contributed by atoms with van der Waals surface area (Å²) in [6.45, 7) is 4.86. The number of rotatable bonds is 7. The van der Waals surface area contributed by atoms with Crippen LogP contribution in [-0.4, -0.2) is 46.2 Å². The van der Waals surface area contributed by atoms with E-state index in [1.54, 1.807) is 48.7 Å². The molecule has 0 radical (unpaired) electrons. The molecule has 174 valence electrons. The number of imide groups is 1. The van der Waals surface area contributed by atoms with Crippen molar-refractivity contribution in [2.75, 3.05) is 11.9 Å². The van der Waals surface area contributed by atoms with Crippen molar-refractivity contribution in [2.24, 2.45) is 11.8 Å². The van der Waals surface area contributed by atoms with E-state index >= 15 is 0 Å². The molecule has 1 aliphatic heterocycles. The Morgan fingerprint density at radius 2 is 1.62 bits per heavy atom. The van der Waals surface area contributed by atoms with Crippen LogP contribution in [0.25, 0.3) is 10.9 Å². The fourth-order valence-electron chi connectivity index (χ4n) is 4.24. The van der Waals surface area contributed by atoms with Gasteiger partial charge in [-0.25, -0.2) is 0 Å². The van der Waals surface area contributed by atoms with E-state index in [0.717, 1.165) is 10.3 Å². The van der Waals surface area contributed by atoms with E-state index in [1.165, 1.54) is 6.92 Å². The van der Waals surface area contributed by atoms with Crippen LogP contribution in [0.5, 0.6) is 0 Å². The van der Waals surface area contributed by atoms with Gasteiger partial charge in [-0.1, -0.05) is 44.2 Å². The molecular formula is C26H25N3O5. The number of ether oxygens (including phenoxy) is 1. The van der Waals surface area contributed by atoms with Crippen LogP contribution in [-0.2, 0) is 14.3 Å². The fourth-order valence-corrected chi connectivity index (χ4v) is 4.24. The molecule has 1 aliphatic rings. The van der Waals surface area contributed by atoms with Crippen molar-refractivity contribution in [3.8, 4) is 0 Å². The van der Waals surface area contributed by atoms with E-state index in [9.17, 15) is 19.2 Å². The Morgan fingerprint density at radius 3 is 2.24 bits per heavy atom. The highest BCUT2D eigenvalue weighted by Gasteiger charge is 2.47. The normalized spacial score (nSPS) is 14.8. The minimum Gasteiger partial charge on any atom is -0.465 e. The monoisotopic (exact) mass is 459 g/mol. The maximum Gasteiger partial charge on any atom is 0.302 e. The van der Waals surface area contributed by atoms with Gasteiger partial charge in [0.25, 0.3) is 11.8 Å². The molecule has 2 atom stereocenters. The van der Waals surface area contributed by atoms with Gasteiger partial charge in [-0.3, -0.25) is 29.1 Å². The van der Waals surface area contributed by atoms with E-state index in [4.69, 9.17) is 4.74 Å². The molecule has 4 rings (SSSR count). The summed E-state index contributed by atoms with van der Waals surface area (Å²) < 4.78 is 5.24. The summed E-state index contributed by atoms with van der Waals surface area (Å²) in [6.07, 6.45) is 1.62. The molecule has 0 saturated carbocycles. The first-order valence-corrected chi connectivity index (χ1v) is 11.0. The minimum atomic E-state index is -1.20. The number of nitrogens with zero attached hydrogens (tertiary/aromatic N) is 2. The molecule has 0 bridgehead atoms. The summed E-state index contributed by atoms with van der Waals surface area (Å²) in [7, 11) is 0. The number of hydrogen-bond donors (Lipinski definition) is 1. The number of aromatic nitrogens is 1. The van der Waals surface area contributed by atoms with Crippen LogP contribution in [0.15, 0.2) is 60.8 Å². The predicted octanol–water partition coefficient (Wildman–Crippen LogP) is 3.67. The highest BCUT2D eigenvalue weighted by molar-refractivity contribution is 6.23. The average Bonchev–Trinajstić information content (AvgIpc) is 3.06. The third-order valence-corrected chi connectivity index (χ3v) is 6.00. The Balaban J connectivity index is 1.76. The first kappa shape index (κ1) is 23.1. The lowest BCUT2D eigenvalue weighted by atomic mass is 9.87. The maximum atomic E-state index is 13.8. The lowest BCUT2D eigenvalue weighted by molar-refractivity contribution is -0.144. The number of pyridine rings is 1. The SMILES string of the molecule is CC(=O)OC[C@@H](C(C)C)[C@@H](C(=O)Nc1cccc2cccnc12)N1C(=O)c2ccccc2C1=O. The van der Waals surface area contributed by atoms with Crippen LogP contribution in [0.1, 0.15) is 41.5 Å². The van der Waals surface area contributed by atoms with Crippen LogP contribution in [0.4, 0.5) is 5.69 Å². The Kier molecular flexibility index (Phi) is 6.40. The van der Waals surface area contributed by atoms with Gasteiger partial charge in [0.15, 0.2) is 0 Å². The van der Waals surface area contributed by atoms with Gasteiger partial charge in [0.05, 0.1) is 28.9 Å². The minimum absolute atomic E-state index is 0.119. The van der Waals surface area contributed by atoms with Gasteiger partial charge in [-0.15, -0.1) is 0 Å². The number of anilines is 1. The predicted molar refractivity (Wildman–Crippen MR) is 126 cm³/mol. The van der Waals surface area contributed by atoms with Crippen molar-refractivity contribution >= 4 is 40.3 Å². The summed E-state index contributed by atoms with van der Waals surface area (Å²) in [5, 5.41) is 3.70. The van der Waals surface area contributed by atoms with Crippen LogP contribution in [0.2, 0.25) is 0 Å². The van der Waals surface area contributed by atoms with Gasteiger partial charge in [0.2, 0.25) is 5.91 Å². The Bertz CT molecular complexity index is 1250. The molecule has 2 heterocycles. The molecule has 0 unspecified atom stereocenters. The molecule has 0 spiro atoms. The average molecular weight is 460 g/mol. The number of benzene rings is 2. The number of fused-ring (bicyclic) bond motifs is 2. The maximum absolute atomic E-state index is 13.8. The molecule has 0 saturated heterocycles. The lowest BCUT2D eigenvalue weighted by Crippen LogP contribution is -2.53. The standard InChI is InChI=1S/C26H25N3O5/c1-15(2)20(14-34-16(3)30)23(29-25(32)18-10-4-5-11-19(18)26(29)33)24(31)28-21-12-6-8-17-9-7-13-27-22(17)21/h4-13,15,20,23H,14H2,1-3H3,(H,28,31)/t20-,23-/m0/s1. The van der Waals surface area contributed by atoms with Crippen molar-refractivity contribution in [1.82, 2.24) is 9.88 Å². The molecular weight excluding hydrogens is 434 g/mol. The van der Waals surface area contributed by atoms with Gasteiger partial charge in [-0.05, 0) is 30.2 Å². The van der Waals surface area contributed by atoms with E-state index in [1.807, 2.05) is 26.0 Å². The highest BCUT2D eigenvalue weighted by atomic mass is 16.5. The second-order valence-electron chi connectivity index (χ2n) is 8.55. The summed E-state index contributed by atoms with van der Waals surface area (Å²) in [4.78, 5) is 57.2. The molecule has 34 heavy (non-hydrogen) atoms. The van der Waals surface area contributed by atoms with Crippen molar-refractivity contribution in [3.63, 3.8) is 0 Å². The first-order chi connectivity index (χ1) is 16.3. The zero-order valence-electron chi connectivity index (χ0n) is 19.1. The van der Waals surface area contributed by atoms with Crippen LogP contribution in [0.3, 0.4) is 0 Å². The first-order valence-electron chi connectivity index (χ1n) is 11.0. The fraction of sp³-hybridized carbons (Fsp3) is 0.269. The Labute approximate surface area is 196 Å². The van der Waals surface area contributed by atoms with Crippen molar-refractivity contribution in [1.29, 1.82) is 0 Å². The summed E-state index contributed by atoms with van der Waals surface area (Å²) in [5.41, 5.74) is 1.53. The van der Waals surface area contributed by atoms with Gasteiger partial charge < -0.3 is 10.1 Å². The number of para-hydroxylation sites is 1. The topological polar surface area (TPSA) is 106 Å². The Morgan fingerprint density at radius 1 is 0.971 bits per heavy atom. The quantitative estimate of drug-likeness (QED) is 0.427. The highest BCUT2D eigenvalue weighted by Crippen LogP contribution is 2.31. The summed E-state index contributed by atoms with van der Waals surface area (Å²) in [6, 6.07) is 14.3. The van der Waals surface area contributed by atoms with E-state index in [-0.39, 0.29) is 23.7 Å². The molecule has 3 amide bonds. The van der Waals surface area contributed by atoms with Gasteiger partial charge in [-0.2, -0.15) is 0 Å². The van der Waals surface area contributed by atoms with E-state index < -0.39 is 35.7 Å². The zero-order valence-corrected chi connectivity index (χ0v) is 19.1. The summed E-state index contributed by atoms with van der Waals surface area (Å²) in [5.74, 6) is -2.99. The molecule has 2 aromatic carbocycles. The number of carbonyl (C=O) groups is 4. The molecule has 8 heteroatoms. The van der Waals surface area contributed by atoms with E-state index in [0.29, 0.717) is 11.2 Å². The van der Waals surface area contributed by atoms with E-state index in [2.05, 4.69) is 10.3 Å². The van der Waals surface area contributed by atoms with Crippen molar-refractivity contribution in [3.05, 3.63) is 71.9 Å². The third-order valence-electron chi connectivity index (χ3n) is 6.00. The van der Waals surface area contributed by atoms with Crippen molar-refractivity contribution < 1.29 is 23.9 Å². The Hall–Kier alpha value is -4.07. The third kappa shape index (κ3) is 4.26. The molecule has 3 aromatic rings. The molecule has 0 aliphatic carbocycles. The molecule has 1 N–H and O–H groups in total.